The van der Waals surface area contributed by atoms with Crippen molar-refractivity contribution in [1.29, 1.82) is 0 Å². The third-order valence-corrected chi connectivity index (χ3v) is 10.2. The lowest BCUT2D eigenvalue weighted by Crippen LogP contribution is -2.55. The standard InChI is InChI=1S/C21H29ClN4O5S2/c1-14-10-20(2,3)13-21(11-14)18(28)26(19(29)23-21)12-16(27)24-6-8-25(9-7-24)33(30,31)17-5-4-15(22)32-17/h4-5,14H,6-13H2,1-3H3,(H,23,29)/t14-,21+/m0/s1. The van der Waals surface area contributed by atoms with Crippen LogP contribution in [0.25, 0.3) is 0 Å². The van der Waals surface area contributed by atoms with Crippen molar-refractivity contribution < 1.29 is 22.8 Å². The van der Waals surface area contributed by atoms with E-state index in [0.717, 1.165) is 22.7 Å². The molecule has 2 saturated heterocycles. The SMILES string of the molecule is C[C@H]1CC(C)(C)C[C@@]2(C1)NC(=O)N(CC(=O)N1CCN(S(=O)(=O)c3ccc(Cl)s3)CC1)C2=O. The van der Waals surface area contributed by atoms with Crippen molar-refractivity contribution in [3.05, 3.63) is 16.5 Å². The minimum Gasteiger partial charge on any atom is -0.338 e. The molecule has 2 atom stereocenters. The molecule has 1 aliphatic carbocycles. The summed E-state index contributed by atoms with van der Waals surface area (Å²) in [5.74, 6) is -0.423. The van der Waals surface area contributed by atoms with Crippen LogP contribution in [-0.4, -0.2) is 78.6 Å². The van der Waals surface area contributed by atoms with Crippen LogP contribution in [-0.2, 0) is 19.6 Å². The van der Waals surface area contributed by atoms with Gasteiger partial charge in [-0.05, 0) is 42.7 Å². The van der Waals surface area contributed by atoms with Gasteiger partial charge in [-0.2, -0.15) is 4.31 Å². The maximum atomic E-state index is 13.3. The van der Waals surface area contributed by atoms with Crippen molar-refractivity contribution in [3.8, 4) is 0 Å². The van der Waals surface area contributed by atoms with Gasteiger partial charge in [-0.3, -0.25) is 14.5 Å². The quantitative estimate of drug-likeness (QED) is 0.618. The molecule has 1 saturated carbocycles. The fourth-order valence-electron chi connectivity index (χ4n) is 5.63. The Balaban J connectivity index is 1.38. The van der Waals surface area contributed by atoms with Crippen molar-refractivity contribution in [2.45, 2.75) is 49.8 Å². The van der Waals surface area contributed by atoms with Crippen LogP contribution in [0.2, 0.25) is 4.34 Å². The maximum Gasteiger partial charge on any atom is 0.325 e. The summed E-state index contributed by atoms with van der Waals surface area (Å²) in [6.45, 7) is 6.58. The number of nitrogens with zero attached hydrogens (tertiary/aromatic N) is 3. The number of carbonyl (C=O) groups is 3. The van der Waals surface area contributed by atoms with Gasteiger partial charge in [0.1, 0.15) is 16.3 Å². The Morgan fingerprint density at radius 2 is 1.85 bits per heavy atom. The van der Waals surface area contributed by atoms with Gasteiger partial charge >= 0.3 is 6.03 Å². The maximum absolute atomic E-state index is 13.3. The molecule has 33 heavy (non-hydrogen) atoms. The van der Waals surface area contributed by atoms with Crippen molar-refractivity contribution in [3.63, 3.8) is 0 Å². The highest BCUT2D eigenvalue weighted by atomic mass is 35.5. The summed E-state index contributed by atoms with van der Waals surface area (Å²) in [6.07, 6.45) is 2.08. The number of hydrogen-bond donors (Lipinski definition) is 1. The van der Waals surface area contributed by atoms with E-state index in [1.54, 1.807) is 0 Å². The van der Waals surface area contributed by atoms with Crippen LogP contribution in [0.3, 0.4) is 0 Å². The molecule has 1 N–H and O–H groups in total. The minimum absolute atomic E-state index is 0.0881. The molecule has 9 nitrogen and oxygen atoms in total. The normalized spacial score (nSPS) is 28.4. The highest BCUT2D eigenvalue weighted by molar-refractivity contribution is 7.91. The molecule has 12 heteroatoms. The molecule has 2 aliphatic heterocycles. The highest BCUT2D eigenvalue weighted by Gasteiger charge is 2.56. The average molecular weight is 517 g/mol. The predicted molar refractivity (Wildman–Crippen MR) is 124 cm³/mol. The van der Waals surface area contributed by atoms with Crippen LogP contribution >= 0.6 is 22.9 Å². The smallest absolute Gasteiger partial charge is 0.325 e. The summed E-state index contributed by atoms with van der Waals surface area (Å²) in [5.41, 5.74) is -1.04. The number of carbonyl (C=O) groups excluding carboxylic acids is 3. The zero-order chi connectivity index (χ0) is 24.2. The Morgan fingerprint density at radius 1 is 1.18 bits per heavy atom. The molecule has 3 aliphatic rings. The molecule has 4 amide bonds. The Hall–Kier alpha value is -1.69. The summed E-state index contributed by atoms with van der Waals surface area (Å²) in [6, 6.07) is 2.48. The van der Waals surface area contributed by atoms with E-state index in [2.05, 4.69) is 26.1 Å². The second-order valence-electron chi connectivity index (χ2n) is 10.1. The topological polar surface area (TPSA) is 107 Å². The van der Waals surface area contributed by atoms with E-state index < -0.39 is 21.6 Å². The molecule has 3 heterocycles. The number of hydrogen-bond acceptors (Lipinski definition) is 6. The molecular formula is C21H29ClN4O5S2. The van der Waals surface area contributed by atoms with E-state index in [1.165, 1.54) is 21.3 Å². The monoisotopic (exact) mass is 516 g/mol. The number of halogens is 1. The first-order valence-corrected chi connectivity index (χ1v) is 13.6. The second kappa shape index (κ2) is 8.51. The molecule has 1 aromatic heterocycles. The lowest BCUT2D eigenvalue weighted by atomic mass is 9.64. The number of imide groups is 1. The number of amides is 4. The molecule has 3 fully saturated rings. The van der Waals surface area contributed by atoms with Crippen molar-refractivity contribution in [1.82, 2.24) is 19.4 Å². The lowest BCUT2D eigenvalue weighted by molar-refractivity contribution is -0.141. The van der Waals surface area contributed by atoms with Crippen molar-refractivity contribution >= 4 is 50.8 Å². The summed E-state index contributed by atoms with van der Waals surface area (Å²) in [5, 5.41) is 2.88. The van der Waals surface area contributed by atoms with E-state index in [1.807, 2.05) is 0 Å². The van der Waals surface area contributed by atoms with Gasteiger partial charge < -0.3 is 10.2 Å². The minimum atomic E-state index is -3.66. The van der Waals surface area contributed by atoms with Gasteiger partial charge in [0.15, 0.2) is 0 Å². The summed E-state index contributed by atoms with van der Waals surface area (Å²) in [7, 11) is -3.66. The Bertz CT molecular complexity index is 1080. The number of urea groups is 1. The average Bonchev–Trinajstić information content (AvgIpc) is 3.24. The van der Waals surface area contributed by atoms with Crippen LogP contribution < -0.4 is 5.32 Å². The molecule has 0 aromatic carbocycles. The fraction of sp³-hybridized carbons (Fsp3) is 0.667. The molecule has 182 valence electrons. The number of piperazine rings is 1. The zero-order valence-electron chi connectivity index (χ0n) is 19.0. The number of thiophene rings is 1. The number of nitrogens with one attached hydrogen (secondary N) is 1. The van der Waals surface area contributed by atoms with E-state index in [4.69, 9.17) is 11.6 Å². The van der Waals surface area contributed by atoms with Gasteiger partial charge in [0.25, 0.3) is 15.9 Å². The first-order chi connectivity index (χ1) is 15.3. The van der Waals surface area contributed by atoms with Gasteiger partial charge in [0.05, 0.1) is 4.34 Å². The zero-order valence-corrected chi connectivity index (χ0v) is 21.4. The fourth-order valence-corrected chi connectivity index (χ4v) is 8.69. The predicted octanol–water partition coefficient (Wildman–Crippen LogP) is 2.37. The molecule has 1 spiro atoms. The van der Waals surface area contributed by atoms with Gasteiger partial charge in [-0.1, -0.05) is 32.4 Å². The molecule has 0 unspecified atom stereocenters. The largest absolute Gasteiger partial charge is 0.338 e. The third-order valence-electron chi connectivity index (χ3n) is 6.65. The molecule has 4 rings (SSSR count). The van der Waals surface area contributed by atoms with Crippen molar-refractivity contribution in [2.24, 2.45) is 11.3 Å². The van der Waals surface area contributed by atoms with Gasteiger partial charge in [0.2, 0.25) is 5.91 Å². The van der Waals surface area contributed by atoms with Crippen LogP contribution in [0.1, 0.15) is 40.0 Å². The second-order valence-corrected chi connectivity index (χ2v) is 14.0. The highest BCUT2D eigenvalue weighted by Crippen LogP contribution is 2.46. The summed E-state index contributed by atoms with van der Waals surface area (Å²) in [4.78, 5) is 41.4. The summed E-state index contributed by atoms with van der Waals surface area (Å²) < 4.78 is 27.4. The van der Waals surface area contributed by atoms with Crippen LogP contribution in [0.15, 0.2) is 16.3 Å². The third kappa shape index (κ3) is 4.65. The van der Waals surface area contributed by atoms with E-state index >= 15 is 0 Å². The summed E-state index contributed by atoms with van der Waals surface area (Å²) >= 11 is 6.86. The van der Waals surface area contributed by atoms with Crippen LogP contribution in [0.5, 0.6) is 0 Å². The molecular weight excluding hydrogens is 488 g/mol. The van der Waals surface area contributed by atoms with Crippen molar-refractivity contribution in [2.75, 3.05) is 32.7 Å². The van der Waals surface area contributed by atoms with Crippen LogP contribution in [0.4, 0.5) is 4.79 Å². The first-order valence-electron chi connectivity index (χ1n) is 11.0. The van der Waals surface area contributed by atoms with Gasteiger partial charge in [0, 0.05) is 26.2 Å². The Labute approximate surface area is 203 Å². The molecule has 0 radical (unpaired) electrons. The molecule has 0 bridgehead atoms. The van der Waals surface area contributed by atoms with Crippen LogP contribution in [0, 0.1) is 11.3 Å². The van der Waals surface area contributed by atoms with Gasteiger partial charge in [-0.15, -0.1) is 11.3 Å². The Kier molecular flexibility index (Phi) is 6.30. The number of rotatable bonds is 4. The Morgan fingerprint density at radius 3 is 2.42 bits per heavy atom. The lowest BCUT2D eigenvalue weighted by Gasteiger charge is -2.43. The first kappa shape index (κ1) is 24.4. The number of sulfonamides is 1. The molecule has 1 aromatic rings. The van der Waals surface area contributed by atoms with E-state index in [0.29, 0.717) is 17.2 Å². The van der Waals surface area contributed by atoms with E-state index in [9.17, 15) is 22.8 Å². The van der Waals surface area contributed by atoms with Gasteiger partial charge in [-0.25, -0.2) is 13.2 Å². The van der Waals surface area contributed by atoms with E-state index in [-0.39, 0.29) is 60.1 Å².